The number of benzene rings is 1. The summed E-state index contributed by atoms with van der Waals surface area (Å²) in [5, 5.41) is 12.8. The number of aliphatic hydroxyl groups is 1. The van der Waals surface area contributed by atoms with Gasteiger partial charge in [0.05, 0.1) is 6.54 Å². The first kappa shape index (κ1) is 19.1. The van der Waals surface area contributed by atoms with E-state index in [1.807, 2.05) is 13.8 Å². The van der Waals surface area contributed by atoms with E-state index in [0.29, 0.717) is 17.9 Å². The lowest BCUT2D eigenvalue weighted by Crippen LogP contribution is -2.42. The Bertz CT molecular complexity index is 531. The summed E-state index contributed by atoms with van der Waals surface area (Å²) in [6, 6.07) is 6.93. The number of carbonyl (C=O) groups excluding carboxylic acids is 2. The van der Waals surface area contributed by atoms with Gasteiger partial charge in [-0.3, -0.25) is 14.5 Å². The molecule has 128 valence electrons. The molecule has 2 N–H and O–H groups in total. The molecule has 0 aliphatic carbocycles. The van der Waals surface area contributed by atoms with Gasteiger partial charge in [-0.15, -0.1) is 0 Å². The van der Waals surface area contributed by atoms with Crippen LogP contribution in [0.3, 0.4) is 0 Å². The lowest BCUT2D eigenvalue weighted by Gasteiger charge is -2.21. The number of amides is 1. The first-order valence-electron chi connectivity index (χ1n) is 7.67. The number of nitrogens with zero attached hydrogens (tertiary/aromatic N) is 1. The number of rotatable bonds is 9. The Morgan fingerprint density at radius 3 is 2.65 bits per heavy atom. The van der Waals surface area contributed by atoms with E-state index < -0.39 is 6.10 Å². The Morgan fingerprint density at radius 2 is 2.04 bits per heavy atom. The molecule has 0 spiro atoms. The largest absolute Gasteiger partial charge is 0.491 e. The molecule has 1 aromatic carbocycles. The van der Waals surface area contributed by atoms with Crippen molar-refractivity contribution in [1.82, 2.24) is 10.2 Å². The number of Topliss-reactive ketones (excluding diaryl/α,β-unsaturated/α-hetero) is 1. The average molecular weight is 322 g/mol. The summed E-state index contributed by atoms with van der Waals surface area (Å²) in [6.07, 6.45) is -0.729. The van der Waals surface area contributed by atoms with Gasteiger partial charge < -0.3 is 15.2 Å². The summed E-state index contributed by atoms with van der Waals surface area (Å²) in [7, 11) is 1.76. The Morgan fingerprint density at radius 1 is 1.35 bits per heavy atom. The summed E-state index contributed by atoms with van der Waals surface area (Å²) < 4.78 is 5.50. The molecule has 0 heterocycles. The van der Waals surface area contributed by atoms with Crippen LogP contribution in [0.4, 0.5) is 0 Å². The molecule has 0 aromatic heterocycles. The van der Waals surface area contributed by atoms with Crippen LogP contribution in [-0.2, 0) is 4.79 Å². The molecule has 0 unspecified atom stereocenters. The Hall–Kier alpha value is -1.92. The van der Waals surface area contributed by atoms with Crippen LogP contribution >= 0.6 is 0 Å². The van der Waals surface area contributed by atoms with Crippen LogP contribution in [-0.4, -0.2) is 60.6 Å². The van der Waals surface area contributed by atoms with Gasteiger partial charge >= 0.3 is 0 Å². The molecule has 6 nitrogen and oxygen atoms in total. The van der Waals surface area contributed by atoms with E-state index in [9.17, 15) is 14.7 Å². The first-order chi connectivity index (χ1) is 10.8. The van der Waals surface area contributed by atoms with E-state index in [1.54, 1.807) is 36.2 Å². The third-order valence-electron chi connectivity index (χ3n) is 3.07. The number of ketones is 1. The highest BCUT2D eigenvalue weighted by Gasteiger charge is 2.13. The maximum Gasteiger partial charge on any atom is 0.234 e. The number of hydrogen-bond donors (Lipinski definition) is 2. The highest BCUT2D eigenvalue weighted by molar-refractivity contribution is 5.94. The van der Waals surface area contributed by atoms with Crippen molar-refractivity contribution in [2.24, 2.45) is 0 Å². The smallest absolute Gasteiger partial charge is 0.234 e. The fraction of sp³-hybridized carbons (Fsp3) is 0.529. The topological polar surface area (TPSA) is 78.9 Å². The van der Waals surface area contributed by atoms with Crippen LogP contribution in [0.15, 0.2) is 24.3 Å². The number of carbonyl (C=O) groups is 2. The summed E-state index contributed by atoms with van der Waals surface area (Å²) in [5.41, 5.74) is 0.569. The molecule has 0 aliphatic rings. The Kier molecular flexibility index (Phi) is 7.71. The molecular formula is C17H26N2O4. The summed E-state index contributed by atoms with van der Waals surface area (Å²) in [6.45, 7) is 5.92. The monoisotopic (exact) mass is 322 g/mol. The number of hydrogen-bond acceptors (Lipinski definition) is 5. The molecule has 0 saturated heterocycles. The highest BCUT2D eigenvalue weighted by atomic mass is 16.5. The van der Waals surface area contributed by atoms with Crippen LogP contribution in [0.25, 0.3) is 0 Å². The zero-order valence-electron chi connectivity index (χ0n) is 14.2. The fourth-order valence-corrected chi connectivity index (χ4v) is 2.09. The first-order valence-corrected chi connectivity index (χ1v) is 7.67. The second-order valence-electron chi connectivity index (χ2n) is 5.97. The van der Waals surface area contributed by atoms with Gasteiger partial charge in [0.15, 0.2) is 5.78 Å². The Labute approximate surface area is 137 Å². The van der Waals surface area contributed by atoms with Crippen molar-refractivity contribution in [3.05, 3.63) is 29.8 Å². The minimum Gasteiger partial charge on any atom is -0.491 e. The predicted octanol–water partition coefficient (Wildman–Crippen LogP) is 1.09. The second kappa shape index (κ2) is 9.27. The minimum atomic E-state index is -0.729. The molecule has 0 bridgehead atoms. The van der Waals surface area contributed by atoms with Crippen LogP contribution in [0, 0.1) is 0 Å². The molecule has 0 aliphatic heterocycles. The van der Waals surface area contributed by atoms with Gasteiger partial charge in [-0.2, -0.15) is 0 Å². The number of ether oxygens (including phenoxy) is 1. The highest BCUT2D eigenvalue weighted by Crippen LogP contribution is 2.14. The van der Waals surface area contributed by atoms with E-state index in [-0.39, 0.29) is 30.9 Å². The van der Waals surface area contributed by atoms with Gasteiger partial charge in [0.25, 0.3) is 0 Å². The van der Waals surface area contributed by atoms with Crippen molar-refractivity contribution in [1.29, 1.82) is 0 Å². The van der Waals surface area contributed by atoms with Crippen molar-refractivity contribution in [2.75, 3.05) is 26.7 Å². The van der Waals surface area contributed by atoms with Gasteiger partial charge in [-0.1, -0.05) is 12.1 Å². The van der Waals surface area contributed by atoms with Gasteiger partial charge in [0.2, 0.25) is 5.91 Å². The Balaban J connectivity index is 2.39. The van der Waals surface area contributed by atoms with Crippen LogP contribution in [0.1, 0.15) is 31.1 Å². The minimum absolute atomic E-state index is 0.0353. The average Bonchev–Trinajstić information content (AvgIpc) is 2.44. The molecule has 23 heavy (non-hydrogen) atoms. The van der Waals surface area contributed by atoms with Gasteiger partial charge in [0.1, 0.15) is 18.5 Å². The van der Waals surface area contributed by atoms with Crippen LogP contribution in [0.5, 0.6) is 5.75 Å². The third kappa shape index (κ3) is 7.76. The van der Waals surface area contributed by atoms with E-state index >= 15 is 0 Å². The quantitative estimate of drug-likeness (QED) is 0.665. The SMILES string of the molecule is CC(=O)c1cccc(OC[C@@H](O)CN(C)CC(=O)NC(C)C)c1. The zero-order valence-corrected chi connectivity index (χ0v) is 14.2. The van der Waals surface area contributed by atoms with E-state index in [0.717, 1.165) is 0 Å². The second-order valence-corrected chi connectivity index (χ2v) is 5.97. The number of likely N-dealkylation sites (N-methyl/N-ethyl adjacent to an activating group) is 1. The van der Waals surface area contributed by atoms with Crippen molar-refractivity contribution < 1.29 is 19.4 Å². The van der Waals surface area contributed by atoms with E-state index in [2.05, 4.69) is 5.32 Å². The van der Waals surface area contributed by atoms with Crippen LogP contribution in [0.2, 0.25) is 0 Å². The lowest BCUT2D eigenvalue weighted by atomic mass is 10.1. The molecule has 0 fully saturated rings. The normalized spacial score (nSPS) is 12.3. The summed E-state index contributed by atoms with van der Waals surface area (Å²) >= 11 is 0. The van der Waals surface area contributed by atoms with Crippen molar-refractivity contribution in [2.45, 2.75) is 32.9 Å². The molecule has 1 atom stereocenters. The third-order valence-corrected chi connectivity index (χ3v) is 3.07. The molecular weight excluding hydrogens is 296 g/mol. The zero-order chi connectivity index (χ0) is 17.4. The maximum atomic E-state index is 11.6. The van der Waals surface area contributed by atoms with Gasteiger partial charge in [0, 0.05) is 18.2 Å². The van der Waals surface area contributed by atoms with Crippen LogP contribution < -0.4 is 10.1 Å². The molecule has 6 heteroatoms. The lowest BCUT2D eigenvalue weighted by molar-refractivity contribution is -0.122. The van der Waals surface area contributed by atoms with E-state index in [1.165, 1.54) is 6.92 Å². The molecule has 1 rings (SSSR count). The van der Waals surface area contributed by atoms with Gasteiger partial charge in [-0.05, 0) is 40.0 Å². The standard InChI is InChI=1S/C17H26N2O4/c1-12(2)18-17(22)10-19(4)9-15(21)11-23-16-7-5-6-14(8-16)13(3)20/h5-8,12,15,21H,9-11H2,1-4H3,(H,18,22)/t15-/m0/s1. The summed E-state index contributed by atoms with van der Waals surface area (Å²) in [5.74, 6) is 0.425. The number of aliphatic hydroxyl groups excluding tert-OH is 1. The van der Waals surface area contributed by atoms with Gasteiger partial charge in [-0.25, -0.2) is 0 Å². The molecule has 1 aromatic rings. The fourth-order valence-electron chi connectivity index (χ4n) is 2.09. The predicted molar refractivity (Wildman–Crippen MR) is 88.7 cm³/mol. The van der Waals surface area contributed by atoms with E-state index in [4.69, 9.17) is 4.74 Å². The van der Waals surface area contributed by atoms with Crippen molar-refractivity contribution in [3.8, 4) is 5.75 Å². The van der Waals surface area contributed by atoms with Crippen molar-refractivity contribution in [3.63, 3.8) is 0 Å². The number of nitrogens with one attached hydrogen (secondary N) is 1. The molecule has 0 saturated carbocycles. The molecule has 1 amide bonds. The maximum absolute atomic E-state index is 11.6. The van der Waals surface area contributed by atoms with Crippen molar-refractivity contribution >= 4 is 11.7 Å². The summed E-state index contributed by atoms with van der Waals surface area (Å²) in [4.78, 5) is 24.7. The molecule has 0 radical (unpaired) electrons.